The van der Waals surface area contributed by atoms with Gasteiger partial charge >= 0.3 is 6.09 Å². The summed E-state index contributed by atoms with van der Waals surface area (Å²) < 4.78 is 39.0. The highest BCUT2D eigenvalue weighted by atomic mass is 35.5. The summed E-state index contributed by atoms with van der Waals surface area (Å²) in [5, 5.41) is 9.71. The van der Waals surface area contributed by atoms with Gasteiger partial charge in [-0.3, -0.25) is 4.79 Å². The van der Waals surface area contributed by atoms with Gasteiger partial charge in [-0.15, -0.1) is 0 Å². The Morgan fingerprint density at radius 3 is 2.41 bits per heavy atom. The van der Waals surface area contributed by atoms with E-state index in [1.54, 1.807) is 57.3 Å². The minimum Gasteiger partial charge on any atom is -0.495 e. The van der Waals surface area contributed by atoms with Crippen LogP contribution in [0.25, 0.3) is 22.2 Å². The molecule has 1 aliphatic rings. The minimum atomic E-state index is -3.95. The largest absolute Gasteiger partial charge is 0.495 e. The molecule has 1 aromatic carbocycles. The van der Waals surface area contributed by atoms with E-state index < -0.39 is 21.7 Å². The van der Waals surface area contributed by atoms with Crippen molar-refractivity contribution in [2.75, 3.05) is 19.0 Å². The van der Waals surface area contributed by atoms with Crippen LogP contribution in [0.1, 0.15) is 46.5 Å². The first-order valence-electron chi connectivity index (χ1n) is 14.9. The summed E-state index contributed by atoms with van der Waals surface area (Å²) >= 11 is 6.48. The Bertz CT molecular complexity index is 1830. The molecule has 0 unspecified atom stereocenters. The van der Waals surface area contributed by atoms with Gasteiger partial charge in [0, 0.05) is 29.2 Å². The molecule has 3 heterocycles. The number of carbonyl (C=O) groups excluding carboxylic acids is 2. The summed E-state index contributed by atoms with van der Waals surface area (Å²) in [7, 11) is -2.43. The van der Waals surface area contributed by atoms with Gasteiger partial charge in [0.05, 0.1) is 18.2 Å². The molecule has 0 spiro atoms. The van der Waals surface area contributed by atoms with Crippen LogP contribution in [0.3, 0.4) is 0 Å². The van der Waals surface area contributed by atoms with Crippen molar-refractivity contribution in [3.8, 4) is 16.9 Å². The number of carbonyl (C=O) groups is 2. The lowest BCUT2D eigenvalue weighted by Gasteiger charge is -2.30. The van der Waals surface area contributed by atoms with Gasteiger partial charge in [-0.05, 0) is 82.3 Å². The van der Waals surface area contributed by atoms with Gasteiger partial charge < -0.3 is 25.4 Å². The van der Waals surface area contributed by atoms with Crippen molar-refractivity contribution in [1.29, 1.82) is 0 Å². The molecule has 244 valence electrons. The molecule has 1 saturated carbocycles. The molecule has 3 N–H and O–H groups in total. The number of rotatable bonds is 9. The number of fused-ring (bicyclic) bond motifs is 1. The van der Waals surface area contributed by atoms with Gasteiger partial charge in [-0.1, -0.05) is 29.8 Å². The Morgan fingerprint density at radius 1 is 1.04 bits per heavy atom. The molecule has 14 heteroatoms. The summed E-state index contributed by atoms with van der Waals surface area (Å²) in [6.45, 7) is 5.11. The second-order valence-corrected chi connectivity index (χ2v) is 14.3. The third kappa shape index (κ3) is 7.88. The van der Waals surface area contributed by atoms with Crippen LogP contribution < -0.4 is 20.7 Å². The third-order valence-corrected chi connectivity index (χ3v) is 9.32. The molecular weight excluding hydrogens is 632 g/mol. The first-order valence-corrected chi connectivity index (χ1v) is 16.7. The Balaban J connectivity index is 1.30. The standard InChI is InChI=1S/C32H37ClN6O6S/c1-32(2,3)45-31(41)35-18-29(40)37-22-12-10-21(11-13-22)36-28-15-20(14-27(33)38-28)26-19-39(30-25(26)16-23(44-4)17-34-30)46(42,43)24-8-6-5-7-9-24/h5-9,14-17,19,21-22H,10-13,18H2,1-4H3,(H,35,41)(H,36,38)(H,37,40)/t21-,22-. The van der Waals surface area contributed by atoms with Gasteiger partial charge in [0.2, 0.25) is 5.91 Å². The summed E-state index contributed by atoms with van der Waals surface area (Å²) in [6, 6.07) is 13.5. The topological polar surface area (TPSA) is 154 Å². The lowest BCUT2D eigenvalue weighted by atomic mass is 9.91. The van der Waals surface area contributed by atoms with Crippen LogP contribution in [0.2, 0.25) is 5.15 Å². The average molecular weight is 669 g/mol. The number of hydrogen-bond donors (Lipinski definition) is 3. The zero-order chi connectivity index (χ0) is 33.1. The first-order chi connectivity index (χ1) is 21.8. The van der Waals surface area contributed by atoms with E-state index in [0.717, 1.165) is 25.7 Å². The molecule has 0 atom stereocenters. The van der Waals surface area contributed by atoms with Crippen molar-refractivity contribution in [3.05, 3.63) is 66.1 Å². The fraction of sp³-hybridized carbons (Fsp3) is 0.375. The number of benzene rings is 1. The van der Waals surface area contributed by atoms with Crippen molar-refractivity contribution >= 4 is 50.5 Å². The third-order valence-electron chi connectivity index (χ3n) is 7.46. The van der Waals surface area contributed by atoms with Gasteiger partial charge in [0.1, 0.15) is 28.9 Å². The summed E-state index contributed by atoms with van der Waals surface area (Å²) in [6.07, 6.45) is 5.39. The second-order valence-electron chi connectivity index (χ2n) is 12.1. The fourth-order valence-corrected chi connectivity index (χ4v) is 6.91. The van der Waals surface area contributed by atoms with Crippen LogP contribution in [0.4, 0.5) is 10.6 Å². The quantitative estimate of drug-likeness (QED) is 0.200. The smallest absolute Gasteiger partial charge is 0.408 e. The Labute approximate surface area is 272 Å². The van der Waals surface area contributed by atoms with Crippen LogP contribution in [0.5, 0.6) is 5.75 Å². The van der Waals surface area contributed by atoms with E-state index >= 15 is 0 Å². The number of halogens is 1. The maximum absolute atomic E-state index is 13.6. The molecule has 2 amide bonds. The van der Waals surface area contributed by atoms with Crippen molar-refractivity contribution in [3.63, 3.8) is 0 Å². The van der Waals surface area contributed by atoms with Crippen molar-refractivity contribution in [1.82, 2.24) is 24.6 Å². The lowest BCUT2D eigenvalue weighted by Crippen LogP contribution is -2.45. The number of pyridine rings is 2. The van der Waals surface area contributed by atoms with Crippen molar-refractivity contribution in [2.45, 2.75) is 69.0 Å². The van der Waals surface area contributed by atoms with E-state index in [0.29, 0.717) is 28.1 Å². The number of ether oxygens (including phenoxy) is 2. The van der Waals surface area contributed by atoms with Crippen LogP contribution in [-0.4, -0.2) is 65.7 Å². The van der Waals surface area contributed by atoms with Crippen LogP contribution >= 0.6 is 11.6 Å². The zero-order valence-corrected chi connectivity index (χ0v) is 27.6. The predicted octanol–water partition coefficient (Wildman–Crippen LogP) is 5.36. The van der Waals surface area contributed by atoms with E-state index in [-0.39, 0.29) is 40.2 Å². The number of methoxy groups -OCH3 is 1. The van der Waals surface area contributed by atoms with Crippen molar-refractivity contribution < 1.29 is 27.5 Å². The highest BCUT2D eigenvalue weighted by molar-refractivity contribution is 7.90. The highest BCUT2D eigenvalue weighted by Crippen LogP contribution is 2.36. The maximum Gasteiger partial charge on any atom is 0.408 e. The Hall–Kier alpha value is -4.36. The van der Waals surface area contributed by atoms with Gasteiger partial charge in [0.25, 0.3) is 10.0 Å². The fourth-order valence-electron chi connectivity index (χ4n) is 5.35. The SMILES string of the molecule is COc1cnc2c(c1)c(-c1cc(Cl)nc(N[C@H]3CC[C@H](NC(=O)CNC(=O)OC(C)(C)C)CC3)c1)cn2S(=O)(=O)c1ccccc1. The Morgan fingerprint density at radius 2 is 1.74 bits per heavy atom. The number of hydrogen-bond acceptors (Lipinski definition) is 9. The molecule has 1 fully saturated rings. The number of aromatic nitrogens is 3. The molecule has 0 aliphatic heterocycles. The maximum atomic E-state index is 13.6. The normalized spacial score (nSPS) is 16.9. The van der Waals surface area contributed by atoms with E-state index in [1.807, 2.05) is 6.07 Å². The average Bonchev–Trinajstić information content (AvgIpc) is 3.40. The first kappa shape index (κ1) is 33.0. The van der Waals surface area contributed by atoms with Crippen LogP contribution in [0.15, 0.2) is 65.8 Å². The molecule has 46 heavy (non-hydrogen) atoms. The second kappa shape index (κ2) is 13.6. The molecule has 0 radical (unpaired) electrons. The summed E-state index contributed by atoms with van der Waals surface area (Å²) in [5.74, 6) is 0.744. The van der Waals surface area contributed by atoms with E-state index in [2.05, 4.69) is 25.9 Å². The molecule has 0 saturated heterocycles. The molecule has 5 rings (SSSR count). The zero-order valence-electron chi connectivity index (χ0n) is 26.0. The van der Waals surface area contributed by atoms with E-state index in [9.17, 15) is 18.0 Å². The number of anilines is 1. The van der Waals surface area contributed by atoms with Crippen LogP contribution in [-0.2, 0) is 19.6 Å². The molecule has 12 nitrogen and oxygen atoms in total. The van der Waals surface area contributed by atoms with Gasteiger partial charge in [0.15, 0.2) is 5.65 Å². The van der Waals surface area contributed by atoms with Gasteiger partial charge in [-0.25, -0.2) is 27.2 Å². The Kier molecular flexibility index (Phi) is 9.73. The number of alkyl carbamates (subject to hydrolysis) is 1. The summed E-state index contributed by atoms with van der Waals surface area (Å²) in [5.41, 5.74) is 0.864. The number of nitrogens with one attached hydrogen (secondary N) is 3. The molecule has 0 bridgehead atoms. The number of amides is 2. The minimum absolute atomic E-state index is 0.0194. The predicted molar refractivity (Wildman–Crippen MR) is 176 cm³/mol. The number of nitrogens with zero attached hydrogens (tertiary/aromatic N) is 3. The van der Waals surface area contributed by atoms with E-state index in [1.165, 1.54) is 29.4 Å². The van der Waals surface area contributed by atoms with Crippen LogP contribution in [0, 0.1) is 0 Å². The van der Waals surface area contributed by atoms with Gasteiger partial charge in [-0.2, -0.15) is 0 Å². The van der Waals surface area contributed by atoms with Crippen molar-refractivity contribution in [2.24, 2.45) is 0 Å². The summed E-state index contributed by atoms with van der Waals surface area (Å²) in [4.78, 5) is 33.2. The molecule has 4 aromatic rings. The molecular formula is C32H37ClN6O6S. The highest BCUT2D eigenvalue weighted by Gasteiger charge is 2.26. The monoisotopic (exact) mass is 668 g/mol. The molecule has 1 aliphatic carbocycles. The lowest BCUT2D eigenvalue weighted by molar-refractivity contribution is -0.121. The molecule has 3 aromatic heterocycles. The van der Waals surface area contributed by atoms with E-state index in [4.69, 9.17) is 21.1 Å².